The first-order valence-electron chi connectivity index (χ1n) is 16.8. The smallest absolute Gasteiger partial charge is 0.253 e. The summed E-state index contributed by atoms with van der Waals surface area (Å²) >= 11 is 0. The Hall–Kier alpha value is -2.61. The molecule has 1 aromatic carbocycles. The van der Waals surface area contributed by atoms with Crippen molar-refractivity contribution in [1.29, 1.82) is 0 Å². The maximum Gasteiger partial charge on any atom is 0.253 e. The Morgan fingerprint density at radius 3 is 2.52 bits per heavy atom. The summed E-state index contributed by atoms with van der Waals surface area (Å²) in [4.78, 5) is 41.9. The monoisotopic (exact) mass is 598 g/mol. The van der Waals surface area contributed by atoms with Crippen molar-refractivity contribution in [3.8, 4) is 0 Å². The maximum atomic E-state index is 13.9. The number of hydrogen-bond donors (Lipinski definition) is 3. The fourth-order valence-corrected chi connectivity index (χ4v) is 12.5. The molecule has 7 heteroatoms. The number of nitrogens with two attached hydrogens (primary N) is 1. The highest BCUT2D eigenvalue weighted by atomic mass is 16.3. The highest BCUT2D eigenvalue weighted by Crippen LogP contribution is 2.72. The molecule has 234 valence electrons. The fourth-order valence-electron chi connectivity index (χ4n) is 12.5. The molecule has 7 aliphatic carbocycles. The molecule has 2 bridgehead atoms. The van der Waals surface area contributed by atoms with E-state index in [9.17, 15) is 24.6 Å². The maximum absolute atomic E-state index is 13.9. The Kier molecular flexibility index (Phi) is 6.20. The first-order valence-corrected chi connectivity index (χ1v) is 16.8. The van der Waals surface area contributed by atoms with Gasteiger partial charge in [-0.05, 0) is 116 Å². The minimum atomic E-state index is -0.884. The predicted octanol–water partition coefficient (Wildman–Crippen LogP) is 3.86. The molecule has 1 saturated heterocycles. The van der Waals surface area contributed by atoms with Crippen LogP contribution in [0.4, 0.5) is 0 Å². The number of fused-ring (bicyclic) bond motifs is 8. The molecule has 8 aliphatic rings. The van der Waals surface area contributed by atoms with Crippen molar-refractivity contribution < 1.29 is 24.6 Å². The lowest BCUT2D eigenvalue weighted by Gasteiger charge is -2.60. The van der Waals surface area contributed by atoms with Crippen LogP contribution in [0.25, 0.3) is 0 Å². The van der Waals surface area contributed by atoms with Crippen LogP contribution in [0, 0.1) is 51.2 Å². The van der Waals surface area contributed by atoms with Crippen molar-refractivity contribution in [3.63, 3.8) is 0 Å². The second-order valence-corrected chi connectivity index (χ2v) is 16.3. The van der Waals surface area contributed by atoms with Crippen molar-refractivity contribution in [2.45, 2.75) is 77.4 Å². The van der Waals surface area contributed by atoms with E-state index < -0.39 is 23.5 Å². The van der Waals surface area contributed by atoms with E-state index >= 15 is 0 Å². The SMILES string of the molecule is C[C@]12C=CC(=O)C=C1CC[C@@H]1[C@@H]2[C@@H](O)C[C@@]2(C)[C@H]1C[C@H]1CN(C(=O)c3ccc(CC45CC(C4)[C@@H](N)C5)cc3)C[C@]12C(=O)CO. The van der Waals surface area contributed by atoms with Gasteiger partial charge in [0.05, 0.1) is 11.5 Å². The molecule has 44 heavy (non-hydrogen) atoms. The number of aliphatic hydroxyl groups is 2. The van der Waals surface area contributed by atoms with Gasteiger partial charge in [0.1, 0.15) is 6.61 Å². The summed E-state index contributed by atoms with van der Waals surface area (Å²) in [5.74, 6) is 0.768. The van der Waals surface area contributed by atoms with Gasteiger partial charge >= 0.3 is 0 Å². The molecular weight excluding hydrogens is 552 g/mol. The summed E-state index contributed by atoms with van der Waals surface area (Å²) in [6.07, 6.45) is 12.3. The average molecular weight is 599 g/mol. The fraction of sp³-hybridized carbons (Fsp3) is 0.649. The molecule has 4 N–H and O–H groups in total. The molecule has 0 radical (unpaired) electrons. The molecule has 0 aromatic heterocycles. The number of amides is 1. The molecule has 7 nitrogen and oxygen atoms in total. The van der Waals surface area contributed by atoms with Crippen LogP contribution in [-0.4, -0.2) is 64.4 Å². The van der Waals surface area contributed by atoms with Crippen LogP contribution in [-0.2, 0) is 16.0 Å². The van der Waals surface area contributed by atoms with E-state index in [0.717, 1.165) is 37.7 Å². The van der Waals surface area contributed by atoms with Gasteiger partial charge in [-0.3, -0.25) is 14.4 Å². The van der Waals surface area contributed by atoms with Gasteiger partial charge in [0.2, 0.25) is 0 Å². The molecule has 1 aromatic rings. The number of hydrogen-bond acceptors (Lipinski definition) is 6. The van der Waals surface area contributed by atoms with Crippen molar-refractivity contribution in [1.82, 2.24) is 4.90 Å². The molecule has 1 amide bonds. The summed E-state index contributed by atoms with van der Waals surface area (Å²) in [6, 6.07) is 8.37. The van der Waals surface area contributed by atoms with Crippen LogP contribution in [0.3, 0.4) is 0 Å². The zero-order chi connectivity index (χ0) is 30.8. The van der Waals surface area contributed by atoms with Crippen molar-refractivity contribution >= 4 is 17.5 Å². The van der Waals surface area contributed by atoms with Crippen molar-refractivity contribution in [2.24, 2.45) is 57.0 Å². The van der Waals surface area contributed by atoms with Crippen LogP contribution >= 0.6 is 0 Å². The Bertz CT molecular complexity index is 1490. The van der Waals surface area contributed by atoms with Gasteiger partial charge in [-0.1, -0.05) is 37.6 Å². The number of aliphatic hydroxyl groups excluding tert-OH is 2. The number of carbonyl (C=O) groups is 3. The summed E-state index contributed by atoms with van der Waals surface area (Å²) in [6.45, 7) is 4.53. The van der Waals surface area contributed by atoms with E-state index in [2.05, 4.69) is 26.0 Å². The molecule has 7 fully saturated rings. The Morgan fingerprint density at radius 2 is 1.84 bits per heavy atom. The third-order valence-electron chi connectivity index (χ3n) is 14.4. The van der Waals surface area contributed by atoms with Crippen LogP contribution in [0.15, 0.2) is 48.1 Å². The molecule has 1 aliphatic heterocycles. The van der Waals surface area contributed by atoms with E-state index in [1.165, 1.54) is 18.4 Å². The van der Waals surface area contributed by atoms with Crippen LogP contribution in [0.2, 0.25) is 0 Å². The quantitative estimate of drug-likeness (QED) is 0.474. The van der Waals surface area contributed by atoms with Crippen LogP contribution < -0.4 is 5.73 Å². The molecule has 0 spiro atoms. The van der Waals surface area contributed by atoms with Gasteiger partial charge in [-0.15, -0.1) is 0 Å². The topological polar surface area (TPSA) is 121 Å². The standard InChI is InChI=1S/C37H46N2O5/c1-34-10-9-26(41)11-24(34)7-8-27-28-12-25-18-39(20-37(25,31(43)19-40)35(28,2)17-30(42)32(27)34)33(44)22-5-3-21(4-6-22)13-36-14-23(15-36)29(38)16-36/h3-6,9-11,23,25,27-30,32,40,42H,7-8,12-20,38H2,1-2H3/t23?,25-,27-,28-,29-,30-,32+,34-,35-,36?,37+/m0/s1. The summed E-state index contributed by atoms with van der Waals surface area (Å²) < 4.78 is 0. The number of Topliss-reactive ketones (excluding diaryl/α,β-unsaturated/α-hetero) is 1. The van der Waals surface area contributed by atoms with E-state index in [1.54, 1.807) is 12.2 Å². The van der Waals surface area contributed by atoms with Gasteiger partial charge < -0.3 is 20.8 Å². The predicted molar refractivity (Wildman–Crippen MR) is 165 cm³/mol. The second-order valence-electron chi connectivity index (χ2n) is 16.3. The number of rotatable bonds is 5. The minimum Gasteiger partial charge on any atom is -0.393 e. The molecule has 9 atom stereocenters. The van der Waals surface area contributed by atoms with Gasteiger partial charge in [0.15, 0.2) is 11.6 Å². The van der Waals surface area contributed by atoms with E-state index in [1.807, 2.05) is 23.1 Å². The normalized spacial score (nSPS) is 46.5. The van der Waals surface area contributed by atoms with Gasteiger partial charge in [-0.2, -0.15) is 0 Å². The lowest BCUT2D eigenvalue weighted by atomic mass is 9.44. The number of allylic oxidation sites excluding steroid dienone is 4. The third kappa shape index (κ3) is 3.69. The number of benzene rings is 1. The number of nitrogens with zero attached hydrogens (tertiary/aromatic N) is 1. The van der Waals surface area contributed by atoms with Crippen LogP contribution in [0.5, 0.6) is 0 Å². The highest BCUT2D eigenvalue weighted by molar-refractivity contribution is 6.01. The van der Waals surface area contributed by atoms with Crippen LogP contribution in [0.1, 0.15) is 74.7 Å². The largest absolute Gasteiger partial charge is 0.393 e. The van der Waals surface area contributed by atoms with Crippen molar-refractivity contribution in [2.75, 3.05) is 19.7 Å². The molecular formula is C37H46N2O5. The zero-order valence-electron chi connectivity index (χ0n) is 26.0. The zero-order valence-corrected chi connectivity index (χ0v) is 26.0. The molecule has 6 saturated carbocycles. The number of ketones is 2. The Labute approximate surface area is 259 Å². The van der Waals surface area contributed by atoms with E-state index in [0.29, 0.717) is 35.9 Å². The number of carbonyl (C=O) groups excluding carboxylic acids is 3. The first kappa shape index (κ1) is 28.8. The Balaban J connectivity index is 1.05. The second kappa shape index (κ2) is 9.46. The summed E-state index contributed by atoms with van der Waals surface area (Å²) in [5, 5.41) is 22.2. The number of likely N-dealkylation sites (tertiary alicyclic amines) is 1. The lowest BCUT2D eigenvalue weighted by molar-refractivity contribution is -0.158. The molecule has 0 unspecified atom stereocenters. The lowest BCUT2D eigenvalue weighted by Crippen LogP contribution is -2.60. The van der Waals surface area contributed by atoms with Gasteiger partial charge in [0, 0.05) is 36.0 Å². The van der Waals surface area contributed by atoms with Gasteiger partial charge in [0.25, 0.3) is 5.91 Å². The first-order chi connectivity index (χ1) is 20.9. The summed E-state index contributed by atoms with van der Waals surface area (Å²) in [5.41, 5.74) is 7.82. The molecule has 1 heterocycles. The van der Waals surface area contributed by atoms with Crippen molar-refractivity contribution in [3.05, 3.63) is 59.2 Å². The summed E-state index contributed by atoms with van der Waals surface area (Å²) in [7, 11) is 0. The highest BCUT2D eigenvalue weighted by Gasteiger charge is 2.73. The molecule has 9 rings (SSSR count). The Morgan fingerprint density at radius 1 is 1.09 bits per heavy atom. The van der Waals surface area contributed by atoms with Gasteiger partial charge in [-0.25, -0.2) is 0 Å². The average Bonchev–Trinajstić information content (AvgIpc) is 3.67. The third-order valence-corrected chi connectivity index (χ3v) is 14.4. The van der Waals surface area contributed by atoms with E-state index in [-0.39, 0.29) is 53.1 Å². The van der Waals surface area contributed by atoms with E-state index in [4.69, 9.17) is 5.73 Å². The minimum absolute atomic E-state index is 0.0168.